The van der Waals surface area contributed by atoms with Gasteiger partial charge in [0, 0.05) is 49.9 Å². The second-order valence-corrected chi connectivity index (χ2v) is 15.3. The van der Waals surface area contributed by atoms with Gasteiger partial charge in [0.15, 0.2) is 0 Å². The van der Waals surface area contributed by atoms with Gasteiger partial charge in [-0.15, -0.1) is 0 Å². The highest BCUT2D eigenvalue weighted by atomic mass is 16.5. The zero-order valence-electron chi connectivity index (χ0n) is 30.8. The van der Waals surface area contributed by atoms with E-state index in [0.29, 0.717) is 0 Å². The van der Waals surface area contributed by atoms with Gasteiger partial charge in [-0.25, -0.2) is 0 Å². The first-order chi connectivity index (χ1) is 28.2. The molecule has 1 aliphatic rings. The Bertz CT molecular complexity index is 3680. The van der Waals surface area contributed by atoms with Gasteiger partial charge in [0.2, 0.25) is 0 Å². The largest absolute Gasteiger partial charge is 0.456 e. The fourth-order valence-electron chi connectivity index (χ4n) is 9.67. The number of nitrogens with zero attached hydrogens (tertiary/aromatic N) is 2. The molecule has 0 saturated heterocycles. The summed E-state index contributed by atoms with van der Waals surface area (Å²) >= 11 is 0. The first-order valence-corrected chi connectivity index (χ1v) is 19.6. The van der Waals surface area contributed by atoms with Crippen molar-refractivity contribution in [2.45, 2.75) is 0 Å². The summed E-state index contributed by atoms with van der Waals surface area (Å²) in [7, 11) is 0. The van der Waals surface area contributed by atoms with Gasteiger partial charge in [-0.1, -0.05) is 121 Å². The van der Waals surface area contributed by atoms with Crippen molar-refractivity contribution in [2.24, 2.45) is 0 Å². The molecule has 0 unspecified atom stereocenters. The monoisotopic (exact) mass is 724 g/mol. The van der Waals surface area contributed by atoms with Gasteiger partial charge in [0.1, 0.15) is 11.5 Å². The third-order valence-corrected chi connectivity index (χ3v) is 12.2. The van der Waals surface area contributed by atoms with Crippen LogP contribution in [0.15, 0.2) is 194 Å². The van der Waals surface area contributed by atoms with Crippen LogP contribution in [-0.2, 0) is 0 Å². The Morgan fingerprint density at radius 1 is 0.298 bits per heavy atom. The van der Waals surface area contributed by atoms with Crippen LogP contribution >= 0.6 is 0 Å². The minimum atomic E-state index is 0.860. The number of rotatable bonds is 3. The molecule has 0 saturated carbocycles. The Hall–Kier alpha value is -7.62. The van der Waals surface area contributed by atoms with Crippen molar-refractivity contribution in [1.29, 1.82) is 0 Å². The second kappa shape index (κ2) is 11.5. The SMILES string of the molecule is c1ccc2cc(-c3ccc4c(c3)c3ccccc3n4-c3ccc4c(c3)Oc3cccc5c3c-4cc3c5c4ccccc4n3-c3ccc4ccccc4c3)ccc2c1. The fourth-order valence-corrected chi connectivity index (χ4v) is 9.67. The van der Waals surface area contributed by atoms with E-state index in [1.54, 1.807) is 0 Å². The van der Waals surface area contributed by atoms with Gasteiger partial charge in [0.25, 0.3) is 0 Å². The average Bonchev–Trinajstić information content (AvgIpc) is 3.78. The highest BCUT2D eigenvalue weighted by Gasteiger charge is 2.26. The van der Waals surface area contributed by atoms with Gasteiger partial charge < -0.3 is 13.9 Å². The maximum atomic E-state index is 6.90. The molecule has 0 radical (unpaired) electrons. The predicted octanol–water partition coefficient (Wildman–Crippen LogP) is 14.8. The summed E-state index contributed by atoms with van der Waals surface area (Å²) in [6.07, 6.45) is 0. The van der Waals surface area contributed by atoms with Gasteiger partial charge >= 0.3 is 0 Å². The number of aromatic nitrogens is 2. The summed E-state index contributed by atoms with van der Waals surface area (Å²) in [5, 5.41) is 12.3. The van der Waals surface area contributed by atoms with Gasteiger partial charge in [-0.3, -0.25) is 0 Å². The summed E-state index contributed by atoms with van der Waals surface area (Å²) in [6.45, 7) is 0. The molecular formula is C54H32N2O. The summed E-state index contributed by atoms with van der Waals surface area (Å²) in [5.74, 6) is 1.75. The molecular weight excluding hydrogens is 693 g/mol. The predicted molar refractivity (Wildman–Crippen MR) is 239 cm³/mol. The van der Waals surface area contributed by atoms with Crippen LogP contribution in [0.2, 0.25) is 0 Å². The molecule has 57 heavy (non-hydrogen) atoms. The smallest absolute Gasteiger partial charge is 0.137 e. The minimum Gasteiger partial charge on any atom is -0.456 e. The standard InChI is InChI=1S/C54H32N2O/c1-3-12-35-28-37(21-20-33(35)10-1)38-23-27-49-45(30-38)41-14-5-7-17-47(41)55(49)40-25-26-42-46-32-50-53(44-16-9-19-51(54(44)46)57-52(42)31-40)43-15-6-8-18-48(43)56(50)39-24-22-34-11-2-4-13-36(34)29-39/h1-32H. The summed E-state index contributed by atoms with van der Waals surface area (Å²) < 4.78 is 11.7. The van der Waals surface area contributed by atoms with Crippen LogP contribution in [0.4, 0.5) is 0 Å². The van der Waals surface area contributed by atoms with Crippen LogP contribution in [0.3, 0.4) is 0 Å². The number of hydrogen-bond acceptors (Lipinski definition) is 1. The summed E-state index contributed by atoms with van der Waals surface area (Å²) in [4.78, 5) is 0. The topological polar surface area (TPSA) is 19.1 Å². The van der Waals surface area contributed by atoms with Gasteiger partial charge in [-0.05, 0) is 110 Å². The summed E-state index contributed by atoms with van der Waals surface area (Å²) in [5.41, 5.74) is 11.7. The van der Waals surface area contributed by atoms with Crippen LogP contribution in [0.5, 0.6) is 11.5 Å². The Morgan fingerprint density at radius 2 is 0.895 bits per heavy atom. The lowest BCUT2D eigenvalue weighted by Crippen LogP contribution is -2.01. The van der Waals surface area contributed by atoms with Crippen LogP contribution < -0.4 is 4.74 Å². The molecule has 0 atom stereocenters. The number of fused-ring (bicyclic) bond motifs is 11. The van der Waals surface area contributed by atoms with E-state index >= 15 is 0 Å². The molecule has 3 heterocycles. The van der Waals surface area contributed by atoms with Crippen molar-refractivity contribution in [3.05, 3.63) is 194 Å². The first-order valence-electron chi connectivity index (χ1n) is 19.6. The Balaban J connectivity index is 1.01. The van der Waals surface area contributed by atoms with E-state index in [9.17, 15) is 0 Å². The molecule has 3 heteroatoms. The van der Waals surface area contributed by atoms with Crippen LogP contribution in [0.25, 0.3) is 110 Å². The van der Waals surface area contributed by atoms with Crippen molar-refractivity contribution < 1.29 is 4.74 Å². The third kappa shape index (κ3) is 4.37. The Kier molecular flexibility index (Phi) is 6.16. The highest BCUT2D eigenvalue weighted by molar-refractivity contribution is 6.26. The fraction of sp³-hybridized carbons (Fsp3) is 0. The van der Waals surface area contributed by atoms with E-state index in [1.165, 1.54) is 87.2 Å². The van der Waals surface area contributed by atoms with Crippen LogP contribution in [0.1, 0.15) is 0 Å². The quantitative estimate of drug-likeness (QED) is 0.178. The molecule has 0 aliphatic carbocycles. The maximum Gasteiger partial charge on any atom is 0.137 e. The lowest BCUT2D eigenvalue weighted by Gasteiger charge is -2.23. The average molecular weight is 725 g/mol. The van der Waals surface area contributed by atoms with Crippen LogP contribution in [-0.4, -0.2) is 9.13 Å². The molecule has 1 aliphatic heterocycles. The van der Waals surface area contributed by atoms with Crippen molar-refractivity contribution >= 4 is 75.9 Å². The number of benzene rings is 10. The lowest BCUT2D eigenvalue weighted by atomic mass is 9.92. The highest BCUT2D eigenvalue weighted by Crippen LogP contribution is 2.51. The molecule has 0 fully saturated rings. The van der Waals surface area contributed by atoms with Crippen molar-refractivity contribution in [3.8, 4) is 45.1 Å². The normalized spacial score (nSPS) is 12.4. The molecule has 12 aromatic rings. The molecule has 13 rings (SSSR count). The Labute approximate surface area is 327 Å². The van der Waals surface area contributed by atoms with E-state index in [-0.39, 0.29) is 0 Å². The molecule has 0 amide bonds. The van der Waals surface area contributed by atoms with E-state index < -0.39 is 0 Å². The van der Waals surface area contributed by atoms with Crippen molar-refractivity contribution in [2.75, 3.05) is 0 Å². The van der Waals surface area contributed by atoms with Crippen molar-refractivity contribution in [3.63, 3.8) is 0 Å². The molecule has 0 spiro atoms. The number of hydrogen-bond donors (Lipinski definition) is 0. The molecule has 3 nitrogen and oxygen atoms in total. The van der Waals surface area contributed by atoms with Gasteiger partial charge in [-0.2, -0.15) is 0 Å². The lowest BCUT2D eigenvalue weighted by molar-refractivity contribution is 0.487. The third-order valence-electron chi connectivity index (χ3n) is 12.2. The molecule has 264 valence electrons. The van der Waals surface area contributed by atoms with E-state index in [1.807, 2.05) is 0 Å². The van der Waals surface area contributed by atoms with E-state index in [0.717, 1.165) is 33.8 Å². The Morgan fingerprint density at radius 3 is 1.74 bits per heavy atom. The number of ether oxygens (including phenoxy) is 1. The molecule has 0 N–H and O–H groups in total. The minimum absolute atomic E-state index is 0.860. The van der Waals surface area contributed by atoms with Gasteiger partial charge in [0.05, 0.1) is 22.1 Å². The first kappa shape index (κ1) is 30.7. The zero-order chi connectivity index (χ0) is 37.2. The number of para-hydroxylation sites is 2. The second-order valence-electron chi connectivity index (χ2n) is 15.3. The molecule has 0 bridgehead atoms. The maximum absolute atomic E-state index is 6.90. The van der Waals surface area contributed by atoms with Crippen LogP contribution in [0, 0.1) is 0 Å². The van der Waals surface area contributed by atoms with E-state index in [4.69, 9.17) is 4.74 Å². The summed E-state index contributed by atoms with van der Waals surface area (Å²) in [6, 6.07) is 70.8. The zero-order valence-corrected chi connectivity index (χ0v) is 30.8. The molecule has 2 aromatic heterocycles. The molecule has 10 aromatic carbocycles. The van der Waals surface area contributed by atoms with Crippen molar-refractivity contribution in [1.82, 2.24) is 9.13 Å². The van der Waals surface area contributed by atoms with E-state index in [2.05, 4.69) is 203 Å².